The van der Waals surface area contributed by atoms with Crippen LogP contribution in [0.5, 0.6) is 0 Å². The van der Waals surface area contributed by atoms with E-state index in [1.807, 2.05) is 42.7 Å². The number of pyridine rings is 1. The summed E-state index contributed by atoms with van der Waals surface area (Å²) in [5.41, 5.74) is 3.36. The van der Waals surface area contributed by atoms with Gasteiger partial charge in [-0.3, -0.25) is 4.98 Å². The van der Waals surface area contributed by atoms with Gasteiger partial charge in [0.2, 0.25) is 0 Å². The van der Waals surface area contributed by atoms with E-state index in [0.29, 0.717) is 0 Å². The Morgan fingerprint density at radius 2 is 2.20 bits per heavy atom. The second-order valence-corrected chi connectivity index (χ2v) is 5.30. The van der Waals surface area contributed by atoms with Crippen LogP contribution in [0.25, 0.3) is 10.9 Å². The third-order valence-corrected chi connectivity index (χ3v) is 3.69. The largest absolute Gasteiger partial charge is 0.361 e. The molecule has 0 aliphatic heterocycles. The second-order valence-electron chi connectivity index (χ2n) is 4.86. The number of hydrogen-bond acceptors (Lipinski definition) is 2. The molecular weight excluding hydrogens is 270 g/mol. The maximum Gasteiger partial charge on any atom is 0.0570 e. The van der Waals surface area contributed by atoms with Crippen LogP contribution in [0.3, 0.4) is 0 Å². The zero-order valence-corrected chi connectivity index (χ0v) is 12.0. The molecule has 4 heteroatoms. The SMILES string of the molecule is CC(NCc1c[nH]c2cc(Cl)ccc12)c1ccccn1. The maximum absolute atomic E-state index is 5.99. The monoisotopic (exact) mass is 285 g/mol. The quantitative estimate of drug-likeness (QED) is 0.759. The van der Waals surface area contributed by atoms with Gasteiger partial charge in [0.05, 0.1) is 5.69 Å². The third-order valence-electron chi connectivity index (χ3n) is 3.46. The molecule has 0 aliphatic carbocycles. The molecular formula is C16H16ClN3. The first-order valence-electron chi connectivity index (χ1n) is 6.64. The number of aromatic nitrogens is 2. The van der Waals surface area contributed by atoms with Gasteiger partial charge >= 0.3 is 0 Å². The van der Waals surface area contributed by atoms with Crippen LogP contribution in [0.15, 0.2) is 48.8 Å². The van der Waals surface area contributed by atoms with Crippen LogP contribution in [0.4, 0.5) is 0 Å². The molecule has 2 heterocycles. The highest BCUT2D eigenvalue weighted by molar-refractivity contribution is 6.31. The number of fused-ring (bicyclic) bond motifs is 1. The minimum atomic E-state index is 0.216. The van der Waals surface area contributed by atoms with Crippen molar-refractivity contribution in [1.29, 1.82) is 0 Å². The maximum atomic E-state index is 5.99. The Hall–Kier alpha value is -1.84. The van der Waals surface area contributed by atoms with Gasteiger partial charge in [-0.15, -0.1) is 0 Å². The molecule has 0 amide bonds. The zero-order chi connectivity index (χ0) is 13.9. The summed E-state index contributed by atoms with van der Waals surface area (Å²) in [5, 5.41) is 5.45. The van der Waals surface area contributed by atoms with E-state index in [0.717, 1.165) is 22.8 Å². The molecule has 1 aromatic carbocycles. The van der Waals surface area contributed by atoms with E-state index < -0.39 is 0 Å². The summed E-state index contributed by atoms with van der Waals surface area (Å²) >= 11 is 5.99. The average Bonchev–Trinajstić information content (AvgIpc) is 2.88. The van der Waals surface area contributed by atoms with Crippen LogP contribution in [0, 0.1) is 0 Å². The molecule has 20 heavy (non-hydrogen) atoms. The fraction of sp³-hybridized carbons (Fsp3) is 0.188. The van der Waals surface area contributed by atoms with Crippen molar-refractivity contribution in [3.05, 3.63) is 65.1 Å². The Bertz CT molecular complexity index is 706. The Balaban J connectivity index is 1.74. The van der Waals surface area contributed by atoms with Crippen LogP contribution < -0.4 is 5.32 Å². The molecule has 2 aromatic heterocycles. The van der Waals surface area contributed by atoms with Gasteiger partial charge in [0.15, 0.2) is 0 Å². The third kappa shape index (κ3) is 2.69. The van der Waals surface area contributed by atoms with E-state index in [4.69, 9.17) is 11.6 Å². The highest BCUT2D eigenvalue weighted by Gasteiger charge is 2.08. The first-order chi connectivity index (χ1) is 9.74. The van der Waals surface area contributed by atoms with Crippen molar-refractivity contribution >= 4 is 22.5 Å². The lowest BCUT2D eigenvalue weighted by Gasteiger charge is -2.12. The van der Waals surface area contributed by atoms with Crippen LogP contribution in [-0.4, -0.2) is 9.97 Å². The average molecular weight is 286 g/mol. The number of benzene rings is 1. The molecule has 3 rings (SSSR count). The zero-order valence-electron chi connectivity index (χ0n) is 11.2. The highest BCUT2D eigenvalue weighted by atomic mass is 35.5. The first-order valence-corrected chi connectivity index (χ1v) is 7.01. The molecule has 0 fully saturated rings. The van der Waals surface area contributed by atoms with Gasteiger partial charge in [-0.25, -0.2) is 0 Å². The Kier molecular flexibility index (Phi) is 3.72. The Labute approximate surface area is 123 Å². The van der Waals surface area contributed by atoms with Crippen molar-refractivity contribution < 1.29 is 0 Å². The van der Waals surface area contributed by atoms with E-state index in [2.05, 4.69) is 28.3 Å². The number of rotatable bonds is 4. The highest BCUT2D eigenvalue weighted by Crippen LogP contribution is 2.22. The summed E-state index contributed by atoms with van der Waals surface area (Å²) in [6.07, 6.45) is 3.85. The van der Waals surface area contributed by atoms with Crippen molar-refractivity contribution in [1.82, 2.24) is 15.3 Å². The standard InChI is InChI=1S/C16H16ClN3/c1-11(15-4-2-3-7-18-15)19-9-12-10-20-16-8-13(17)5-6-14(12)16/h2-8,10-11,19-20H,9H2,1H3. The van der Waals surface area contributed by atoms with Crippen molar-refractivity contribution in [2.45, 2.75) is 19.5 Å². The summed E-state index contributed by atoms with van der Waals surface area (Å²) in [6, 6.07) is 12.1. The fourth-order valence-electron chi connectivity index (χ4n) is 2.30. The van der Waals surface area contributed by atoms with E-state index in [-0.39, 0.29) is 6.04 Å². The van der Waals surface area contributed by atoms with Crippen LogP contribution in [0.1, 0.15) is 24.2 Å². The molecule has 0 bridgehead atoms. The van der Waals surface area contributed by atoms with Crippen molar-refractivity contribution in [3.63, 3.8) is 0 Å². The summed E-state index contributed by atoms with van der Waals surface area (Å²) in [6.45, 7) is 2.91. The van der Waals surface area contributed by atoms with Gasteiger partial charge in [0.1, 0.15) is 0 Å². The van der Waals surface area contributed by atoms with Gasteiger partial charge in [0.25, 0.3) is 0 Å². The smallest absolute Gasteiger partial charge is 0.0570 e. The number of hydrogen-bond donors (Lipinski definition) is 2. The Morgan fingerprint density at radius 3 is 3.00 bits per heavy atom. The molecule has 0 radical (unpaired) electrons. The minimum Gasteiger partial charge on any atom is -0.361 e. The molecule has 3 nitrogen and oxygen atoms in total. The van der Waals surface area contributed by atoms with Gasteiger partial charge in [-0.05, 0) is 36.8 Å². The second kappa shape index (κ2) is 5.65. The van der Waals surface area contributed by atoms with Crippen molar-refractivity contribution in [2.75, 3.05) is 0 Å². The molecule has 1 unspecified atom stereocenters. The number of nitrogens with zero attached hydrogens (tertiary/aromatic N) is 1. The van der Waals surface area contributed by atoms with Gasteiger partial charge in [-0.1, -0.05) is 23.7 Å². The van der Waals surface area contributed by atoms with Crippen molar-refractivity contribution in [3.8, 4) is 0 Å². The first kappa shape index (κ1) is 13.2. The van der Waals surface area contributed by atoms with Gasteiger partial charge in [-0.2, -0.15) is 0 Å². The van der Waals surface area contributed by atoms with Crippen LogP contribution >= 0.6 is 11.6 Å². The molecule has 0 spiro atoms. The van der Waals surface area contributed by atoms with Crippen molar-refractivity contribution in [2.24, 2.45) is 0 Å². The molecule has 3 aromatic rings. The van der Waals surface area contributed by atoms with E-state index >= 15 is 0 Å². The Morgan fingerprint density at radius 1 is 1.30 bits per heavy atom. The predicted octanol–water partition coefficient (Wildman–Crippen LogP) is 4.07. The van der Waals surface area contributed by atoms with E-state index in [9.17, 15) is 0 Å². The van der Waals surface area contributed by atoms with Crippen LogP contribution in [-0.2, 0) is 6.54 Å². The lowest BCUT2D eigenvalue weighted by atomic mass is 10.1. The summed E-state index contributed by atoms with van der Waals surface area (Å²) in [4.78, 5) is 7.62. The topological polar surface area (TPSA) is 40.7 Å². The number of nitrogens with one attached hydrogen (secondary N) is 2. The minimum absolute atomic E-state index is 0.216. The molecule has 2 N–H and O–H groups in total. The predicted molar refractivity (Wildman–Crippen MR) is 82.8 cm³/mol. The van der Waals surface area contributed by atoms with Gasteiger partial charge < -0.3 is 10.3 Å². The molecule has 0 saturated heterocycles. The number of H-pyrrole nitrogens is 1. The summed E-state index contributed by atoms with van der Waals surface area (Å²) in [5.74, 6) is 0. The summed E-state index contributed by atoms with van der Waals surface area (Å²) < 4.78 is 0. The molecule has 0 saturated carbocycles. The number of aromatic amines is 1. The number of halogens is 1. The lowest BCUT2D eigenvalue weighted by molar-refractivity contribution is 0.563. The van der Waals surface area contributed by atoms with Gasteiger partial charge in [0, 0.05) is 40.9 Å². The molecule has 102 valence electrons. The van der Waals surface area contributed by atoms with Crippen LogP contribution in [0.2, 0.25) is 5.02 Å². The summed E-state index contributed by atoms with van der Waals surface area (Å²) in [7, 11) is 0. The fourth-order valence-corrected chi connectivity index (χ4v) is 2.48. The van der Waals surface area contributed by atoms with E-state index in [1.54, 1.807) is 0 Å². The molecule has 0 aliphatic rings. The lowest BCUT2D eigenvalue weighted by Crippen LogP contribution is -2.18. The normalized spacial score (nSPS) is 12.7. The van der Waals surface area contributed by atoms with E-state index in [1.165, 1.54) is 10.9 Å². The molecule has 1 atom stereocenters.